The highest BCUT2D eigenvalue weighted by Crippen LogP contribution is 2.33. The summed E-state index contributed by atoms with van der Waals surface area (Å²) in [4.78, 5) is 0. The Morgan fingerprint density at radius 2 is 1.94 bits per heavy atom. The van der Waals surface area contributed by atoms with E-state index in [1.807, 2.05) is 0 Å². The third kappa shape index (κ3) is 1.90. The van der Waals surface area contributed by atoms with E-state index in [1.54, 1.807) is 0 Å². The topological polar surface area (TPSA) is 69.6 Å². The van der Waals surface area contributed by atoms with Crippen LogP contribution in [0.25, 0.3) is 5.69 Å². The van der Waals surface area contributed by atoms with E-state index in [1.165, 1.54) is 0 Å². The summed E-state index contributed by atoms with van der Waals surface area (Å²) >= 11 is 0. The molecule has 0 aliphatic heterocycles. The number of tetrazole rings is 1. The van der Waals surface area contributed by atoms with Crippen LogP contribution in [0.1, 0.15) is 5.56 Å². The van der Waals surface area contributed by atoms with E-state index in [2.05, 4.69) is 15.5 Å². The van der Waals surface area contributed by atoms with E-state index in [9.17, 15) is 17.6 Å². The Labute approximate surface area is 91.8 Å². The summed E-state index contributed by atoms with van der Waals surface area (Å²) in [5.74, 6) is -1.78. The molecule has 1 heterocycles. The van der Waals surface area contributed by atoms with Crippen LogP contribution >= 0.6 is 0 Å². The second-order valence-corrected chi connectivity index (χ2v) is 3.09. The lowest BCUT2D eigenvalue weighted by molar-refractivity contribution is -0.140. The molecule has 2 N–H and O–H groups in total. The number of hydrogen-bond donors (Lipinski definition) is 1. The lowest BCUT2D eigenvalue weighted by Gasteiger charge is -2.10. The lowest BCUT2D eigenvalue weighted by atomic mass is 10.2. The molecule has 90 valence electrons. The van der Waals surface area contributed by atoms with Gasteiger partial charge in [-0.25, -0.2) is 4.39 Å². The molecule has 0 radical (unpaired) electrons. The van der Waals surface area contributed by atoms with Crippen LogP contribution in [0.2, 0.25) is 0 Å². The summed E-state index contributed by atoms with van der Waals surface area (Å²) < 4.78 is 51.6. The van der Waals surface area contributed by atoms with E-state index in [0.29, 0.717) is 10.7 Å². The van der Waals surface area contributed by atoms with Gasteiger partial charge < -0.3 is 5.73 Å². The average Bonchev–Trinajstić information content (AvgIpc) is 2.63. The standard InChI is InChI=1S/C8H5F4N5/c9-6-4(8(10,11)12)2-1-3-5(6)17-7(13)14-15-16-17/h1-3H,(H2,13,14,16). The van der Waals surface area contributed by atoms with Crippen molar-refractivity contribution in [3.05, 3.63) is 29.6 Å². The highest BCUT2D eigenvalue weighted by Gasteiger charge is 2.35. The Hall–Kier alpha value is -2.19. The maximum atomic E-state index is 13.6. The van der Waals surface area contributed by atoms with Crippen molar-refractivity contribution in [2.45, 2.75) is 6.18 Å². The summed E-state index contributed by atoms with van der Waals surface area (Å²) in [6.45, 7) is 0. The normalized spacial score (nSPS) is 11.8. The zero-order chi connectivity index (χ0) is 12.6. The Morgan fingerprint density at radius 1 is 1.24 bits per heavy atom. The molecule has 0 aliphatic carbocycles. The van der Waals surface area contributed by atoms with Gasteiger partial charge in [0.1, 0.15) is 5.69 Å². The zero-order valence-corrected chi connectivity index (χ0v) is 8.11. The predicted molar refractivity (Wildman–Crippen MR) is 48.5 cm³/mol. The molecule has 9 heteroatoms. The van der Waals surface area contributed by atoms with Gasteiger partial charge in [0.2, 0.25) is 5.95 Å². The van der Waals surface area contributed by atoms with Crippen LogP contribution < -0.4 is 5.73 Å². The zero-order valence-electron chi connectivity index (χ0n) is 8.11. The Kier molecular flexibility index (Phi) is 2.45. The first-order valence-corrected chi connectivity index (χ1v) is 4.31. The average molecular weight is 247 g/mol. The molecule has 17 heavy (non-hydrogen) atoms. The molecule has 0 aliphatic rings. The number of nitrogens with two attached hydrogens (primary N) is 1. The van der Waals surface area contributed by atoms with E-state index < -0.39 is 23.2 Å². The maximum Gasteiger partial charge on any atom is 0.419 e. The highest BCUT2D eigenvalue weighted by atomic mass is 19.4. The number of aromatic nitrogens is 4. The van der Waals surface area contributed by atoms with Gasteiger partial charge in [-0.1, -0.05) is 11.2 Å². The molecule has 1 aromatic carbocycles. The van der Waals surface area contributed by atoms with Crippen molar-refractivity contribution in [3.8, 4) is 5.69 Å². The number of benzene rings is 1. The second-order valence-electron chi connectivity index (χ2n) is 3.09. The fourth-order valence-electron chi connectivity index (χ4n) is 1.27. The minimum atomic E-state index is -4.79. The molecule has 0 bridgehead atoms. The largest absolute Gasteiger partial charge is 0.419 e. The number of rotatable bonds is 1. The predicted octanol–water partition coefficient (Wildman–Crippen LogP) is 1.40. The quantitative estimate of drug-likeness (QED) is 0.773. The lowest BCUT2D eigenvalue weighted by Crippen LogP contribution is -2.12. The van der Waals surface area contributed by atoms with Gasteiger partial charge in [0, 0.05) is 0 Å². The summed E-state index contributed by atoms with van der Waals surface area (Å²) in [6.07, 6.45) is -4.79. The minimum absolute atomic E-state index is 0.303. The van der Waals surface area contributed by atoms with Gasteiger partial charge in [0.05, 0.1) is 5.56 Å². The maximum absolute atomic E-state index is 13.6. The first-order chi connectivity index (χ1) is 7.91. The SMILES string of the molecule is Nc1nnnn1-c1cccc(C(F)(F)F)c1F. The van der Waals surface area contributed by atoms with Gasteiger partial charge >= 0.3 is 6.18 Å². The second kappa shape index (κ2) is 3.68. The Bertz CT molecular complexity index is 547. The number of anilines is 1. The fraction of sp³-hybridized carbons (Fsp3) is 0.125. The third-order valence-electron chi connectivity index (χ3n) is 2.01. The number of alkyl halides is 3. The van der Waals surface area contributed by atoms with Crippen LogP contribution in [0.3, 0.4) is 0 Å². The molecule has 0 unspecified atom stereocenters. The van der Waals surface area contributed by atoms with Crippen LogP contribution in [0.5, 0.6) is 0 Å². The van der Waals surface area contributed by atoms with E-state index in [-0.39, 0.29) is 5.95 Å². The minimum Gasteiger partial charge on any atom is -0.366 e. The van der Waals surface area contributed by atoms with Gasteiger partial charge in [-0.15, -0.1) is 0 Å². The number of nitrogens with zero attached hydrogens (tertiary/aromatic N) is 4. The summed E-state index contributed by atoms with van der Waals surface area (Å²) in [6, 6.07) is 2.76. The van der Waals surface area contributed by atoms with Crippen LogP contribution in [0.4, 0.5) is 23.5 Å². The van der Waals surface area contributed by atoms with Crippen molar-refractivity contribution in [2.75, 3.05) is 5.73 Å². The first kappa shape index (κ1) is 11.3. The summed E-state index contributed by atoms with van der Waals surface area (Å²) in [7, 11) is 0. The van der Waals surface area contributed by atoms with Crippen LogP contribution in [-0.4, -0.2) is 20.2 Å². The smallest absolute Gasteiger partial charge is 0.366 e. The van der Waals surface area contributed by atoms with Crippen molar-refractivity contribution in [3.63, 3.8) is 0 Å². The Morgan fingerprint density at radius 3 is 2.47 bits per heavy atom. The molecule has 0 atom stereocenters. The summed E-state index contributed by atoms with van der Waals surface area (Å²) in [5.41, 5.74) is 3.43. The number of halogens is 4. The molecule has 1 aromatic heterocycles. The number of hydrogen-bond acceptors (Lipinski definition) is 4. The van der Waals surface area contributed by atoms with Crippen LogP contribution in [0, 0.1) is 5.82 Å². The monoisotopic (exact) mass is 247 g/mol. The van der Waals surface area contributed by atoms with Crippen molar-refractivity contribution in [1.29, 1.82) is 0 Å². The molecular weight excluding hydrogens is 242 g/mol. The summed E-state index contributed by atoms with van der Waals surface area (Å²) in [5, 5.41) is 9.67. The van der Waals surface area contributed by atoms with E-state index in [0.717, 1.165) is 12.1 Å². The van der Waals surface area contributed by atoms with E-state index in [4.69, 9.17) is 5.73 Å². The molecule has 0 fully saturated rings. The molecule has 0 saturated carbocycles. The van der Waals surface area contributed by atoms with Gasteiger partial charge in [-0.3, -0.25) is 0 Å². The molecule has 5 nitrogen and oxygen atoms in total. The molecule has 2 aromatic rings. The molecule has 0 amide bonds. The fourth-order valence-corrected chi connectivity index (χ4v) is 1.27. The third-order valence-corrected chi connectivity index (χ3v) is 2.01. The molecule has 0 saturated heterocycles. The molecular formula is C8H5F4N5. The first-order valence-electron chi connectivity index (χ1n) is 4.31. The molecule has 0 spiro atoms. The van der Waals surface area contributed by atoms with Gasteiger partial charge in [0.15, 0.2) is 5.82 Å². The van der Waals surface area contributed by atoms with E-state index >= 15 is 0 Å². The van der Waals surface area contributed by atoms with Crippen molar-refractivity contribution < 1.29 is 17.6 Å². The van der Waals surface area contributed by atoms with Crippen LogP contribution in [-0.2, 0) is 6.18 Å². The van der Waals surface area contributed by atoms with Crippen molar-refractivity contribution >= 4 is 5.95 Å². The Balaban J connectivity index is 2.62. The molecule has 2 rings (SSSR count). The van der Waals surface area contributed by atoms with Gasteiger partial charge in [0.25, 0.3) is 0 Å². The van der Waals surface area contributed by atoms with Crippen LogP contribution in [0.15, 0.2) is 18.2 Å². The van der Waals surface area contributed by atoms with Crippen molar-refractivity contribution in [2.24, 2.45) is 0 Å². The van der Waals surface area contributed by atoms with Crippen molar-refractivity contribution in [1.82, 2.24) is 20.2 Å². The van der Waals surface area contributed by atoms with Gasteiger partial charge in [-0.2, -0.15) is 17.9 Å². The highest BCUT2D eigenvalue weighted by molar-refractivity contribution is 5.41. The van der Waals surface area contributed by atoms with Gasteiger partial charge in [-0.05, 0) is 22.6 Å². The number of nitrogen functional groups attached to an aromatic ring is 1.